The second-order valence-electron chi connectivity index (χ2n) is 20.0. The number of phenols is 4. The fraction of sp³-hybridized carbons (Fsp3) is 0.175. The summed E-state index contributed by atoms with van der Waals surface area (Å²) < 4.78 is 71.3. The molecule has 0 fully saturated rings. The van der Waals surface area contributed by atoms with Crippen LogP contribution in [0.5, 0.6) is 34.5 Å². The van der Waals surface area contributed by atoms with E-state index in [1.807, 2.05) is 72.8 Å². The molecule has 2 amide bonds. The van der Waals surface area contributed by atoms with Crippen molar-refractivity contribution in [2.24, 2.45) is 0 Å². The molecule has 2 unspecified atom stereocenters. The molecule has 0 aliphatic heterocycles. The van der Waals surface area contributed by atoms with Gasteiger partial charge in [0.2, 0.25) is 19.7 Å². The van der Waals surface area contributed by atoms with Crippen molar-refractivity contribution in [3.05, 3.63) is 210 Å². The number of ether oxygens (including phenoxy) is 3. The number of benzene rings is 8. The molecule has 12 N–H and O–H groups in total. The van der Waals surface area contributed by atoms with Crippen LogP contribution < -0.4 is 36.5 Å². The molecular formula is C63H61N5O15S2. The number of phenolic OH excluding ortho intramolecular Hbond substituents is 4. The Bertz CT molecular complexity index is 3990. The van der Waals surface area contributed by atoms with Crippen molar-refractivity contribution in [1.82, 2.24) is 10.6 Å². The molecule has 0 heterocycles. The van der Waals surface area contributed by atoms with E-state index in [-0.39, 0.29) is 111 Å². The van der Waals surface area contributed by atoms with E-state index in [2.05, 4.69) is 52.1 Å². The van der Waals surface area contributed by atoms with Gasteiger partial charge in [0.1, 0.15) is 66.5 Å². The average Bonchev–Trinajstić information content (AvgIpc) is 1.61. The van der Waals surface area contributed by atoms with Crippen molar-refractivity contribution in [3.63, 3.8) is 0 Å². The fourth-order valence-electron chi connectivity index (χ4n) is 9.78. The third kappa shape index (κ3) is 13.1. The number of anilines is 3. The summed E-state index contributed by atoms with van der Waals surface area (Å²) in [4.78, 5) is 23.3. The quantitative estimate of drug-likeness (QED) is 0.00905. The summed E-state index contributed by atoms with van der Waals surface area (Å²) in [6, 6.07) is 45.1. The molecule has 8 aromatic rings. The maximum absolute atomic E-state index is 13.8. The van der Waals surface area contributed by atoms with Crippen molar-refractivity contribution in [3.8, 4) is 45.6 Å². The van der Waals surface area contributed by atoms with Gasteiger partial charge in [0, 0.05) is 30.8 Å². The lowest BCUT2D eigenvalue weighted by Crippen LogP contribution is -2.32. The van der Waals surface area contributed by atoms with E-state index in [0.717, 1.165) is 57.6 Å². The summed E-state index contributed by atoms with van der Waals surface area (Å²) in [5.74, 6) is -0.791. The third-order valence-electron chi connectivity index (χ3n) is 14.1. The number of aromatic hydroxyl groups is 4. The summed E-state index contributed by atoms with van der Waals surface area (Å²) in [5.41, 5.74) is 11.2. The molecule has 20 nitrogen and oxygen atoms in total. The van der Waals surface area contributed by atoms with Gasteiger partial charge in [-0.15, -0.1) is 0 Å². The summed E-state index contributed by atoms with van der Waals surface area (Å²) in [6.45, 7) is 4.31. The van der Waals surface area contributed by atoms with Gasteiger partial charge in [-0.05, 0) is 137 Å². The molecule has 1 aliphatic carbocycles. The zero-order valence-corrected chi connectivity index (χ0v) is 47.4. The number of sulfone groups is 2. The van der Waals surface area contributed by atoms with Gasteiger partial charge in [-0.3, -0.25) is 0 Å². The van der Waals surface area contributed by atoms with Crippen molar-refractivity contribution in [2.45, 2.75) is 50.7 Å². The first-order chi connectivity index (χ1) is 40.7. The normalized spacial score (nSPS) is 13.1. The molecule has 2 atom stereocenters. The number of hydrogen-bond donors (Lipinski definition) is 11. The van der Waals surface area contributed by atoms with Crippen LogP contribution in [0.3, 0.4) is 0 Å². The van der Waals surface area contributed by atoms with Crippen molar-refractivity contribution in [2.75, 3.05) is 55.8 Å². The first-order valence-corrected chi connectivity index (χ1v) is 29.5. The van der Waals surface area contributed by atoms with E-state index in [9.17, 15) is 57.1 Å². The molecule has 85 heavy (non-hydrogen) atoms. The van der Waals surface area contributed by atoms with Crippen molar-refractivity contribution in [1.29, 1.82) is 0 Å². The number of nitrogens with two attached hydrogens (primary N) is 1. The number of hydrogen-bond acceptors (Lipinski definition) is 18. The maximum atomic E-state index is 13.8. The molecule has 0 saturated carbocycles. The number of carbonyl (C=O) groups excluding carboxylic acids is 2. The van der Waals surface area contributed by atoms with Crippen LogP contribution in [-0.4, -0.2) is 111 Å². The van der Waals surface area contributed by atoms with E-state index in [4.69, 9.17) is 19.9 Å². The average molecular weight is 1190 g/mol. The Balaban J connectivity index is 0.820. The molecule has 22 heteroatoms. The number of esters is 1. The van der Waals surface area contributed by atoms with Gasteiger partial charge in [-0.2, -0.15) is 0 Å². The lowest BCUT2D eigenvalue weighted by molar-refractivity contribution is -0.138. The number of fused-ring (bicyclic) bond motifs is 3. The minimum absolute atomic E-state index is 0.0000415. The zero-order chi connectivity index (χ0) is 60.6. The van der Waals surface area contributed by atoms with Crippen LogP contribution in [0.25, 0.3) is 11.1 Å². The Labute approximate surface area is 490 Å². The molecule has 0 aromatic heterocycles. The Morgan fingerprint density at radius 2 is 1.06 bits per heavy atom. The molecule has 0 spiro atoms. The van der Waals surface area contributed by atoms with E-state index in [0.29, 0.717) is 11.5 Å². The van der Waals surface area contributed by atoms with Gasteiger partial charge in [0.05, 0.1) is 48.6 Å². The molecule has 9 rings (SSSR count). The minimum atomic E-state index is -4.25. The maximum Gasteiger partial charge on any atom is 0.333 e. The highest BCUT2D eigenvalue weighted by molar-refractivity contribution is 7.91. The number of carbonyl (C=O) groups is 2. The Morgan fingerprint density at radius 1 is 0.588 bits per heavy atom. The number of aliphatic hydroxyl groups excluding tert-OH is 2. The first-order valence-electron chi connectivity index (χ1n) is 26.6. The van der Waals surface area contributed by atoms with Gasteiger partial charge < -0.3 is 71.9 Å². The van der Waals surface area contributed by atoms with Gasteiger partial charge in [-0.25, -0.2) is 26.4 Å². The fourth-order valence-corrected chi connectivity index (χ4v) is 12.4. The monoisotopic (exact) mass is 1190 g/mol. The predicted molar refractivity (Wildman–Crippen MR) is 317 cm³/mol. The van der Waals surface area contributed by atoms with E-state index in [1.54, 1.807) is 0 Å². The standard InChI is InChI=1S/C63H61N5O15S2/c1-38(2)61(75)81-28-27-66-62(76)68-56-32-49(22-26-60(56)74)84(77,78)46-19-23-57(71)39(29-46)33-65-34-42(69)36-82-44-15-11-40(12-16-44)63(52-9-5-3-7-50(52)51-8-4-6-10-53(51)63)41-13-17-45(18-14-41)83-37-43(70)35-67-55-31-48(21-25-59(55)73)85(79,80)47-20-24-58(72)54(64)30-47/h3-26,29-32,42-43,65,67,69-74H,1,27-28,33-37,64H2,2H3,(H2,66,68,76). The largest absolute Gasteiger partial charge is 0.508 e. The topological polar surface area (TPSA) is 326 Å². The van der Waals surface area contributed by atoms with Crippen LogP contribution in [0, 0.1) is 0 Å². The number of urea groups is 1. The number of amides is 2. The molecular weight excluding hydrogens is 1130 g/mol. The van der Waals surface area contributed by atoms with Crippen LogP contribution in [0.1, 0.15) is 34.7 Å². The lowest BCUT2D eigenvalue weighted by Gasteiger charge is -2.34. The number of nitrogens with one attached hydrogen (secondary N) is 4. The summed E-state index contributed by atoms with van der Waals surface area (Å²) >= 11 is 0. The SMILES string of the molecule is C=C(C)C(=O)OCCNC(=O)Nc1cc(S(=O)(=O)c2ccc(O)c(CNCC(O)COc3ccc(C4(c5ccc(OCC(O)CNc6cc(S(=O)(=O)c7ccc(O)c(N)c7)ccc6O)cc5)c5ccccc5-c5ccccc54)cc3)c2)ccc1O. The third-order valence-corrected chi connectivity index (χ3v) is 17.6. The highest BCUT2D eigenvalue weighted by atomic mass is 32.2. The summed E-state index contributed by atoms with van der Waals surface area (Å²) in [7, 11) is -8.33. The molecule has 1 aliphatic rings. The minimum Gasteiger partial charge on any atom is -0.508 e. The second-order valence-corrected chi connectivity index (χ2v) is 23.9. The summed E-state index contributed by atoms with van der Waals surface area (Å²) in [5, 5.41) is 74.2. The smallest absolute Gasteiger partial charge is 0.333 e. The number of rotatable bonds is 24. The van der Waals surface area contributed by atoms with Gasteiger partial charge in [0.25, 0.3) is 0 Å². The van der Waals surface area contributed by atoms with Gasteiger partial charge >= 0.3 is 12.0 Å². The van der Waals surface area contributed by atoms with Crippen LogP contribution in [0.15, 0.2) is 202 Å². The number of nitrogen functional groups attached to an aromatic ring is 1. The van der Waals surface area contributed by atoms with Crippen LogP contribution in [0.4, 0.5) is 21.9 Å². The molecule has 8 aromatic carbocycles. The highest BCUT2D eigenvalue weighted by Gasteiger charge is 2.46. The Hall–Kier alpha value is -9.58. The van der Waals surface area contributed by atoms with Crippen molar-refractivity contribution < 1.29 is 71.3 Å². The van der Waals surface area contributed by atoms with E-state index in [1.165, 1.54) is 55.5 Å². The predicted octanol–water partition coefficient (Wildman–Crippen LogP) is 7.74. The molecule has 440 valence electrons. The highest BCUT2D eigenvalue weighted by Crippen LogP contribution is 2.56. The van der Waals surface area contributed by atoms with Crippen LogP contribution in [-0.2, 0) is 41.2 Å². The lowest BCUT2D eigenvalue weighted by atomic mass is 9.68. The van der Waals surface area contributed by atoms with Gasteiger partial charge in [-0.1, -0.05) is 79.4 Å². The van der Waals surface area contributed by atoms with E-state index < -0.39 is 55.0 Å². The Morgan fingerprint density at radius 3 is 1.60 bits per heavy atom. The second kappa shape index (κ2) is 25.5. The molecule has 0 saturated heterocycles. The molecule has 0 bridgehead atoms. The Kier molecular flexibility index (Phi) is 18.0. The van der Waals surface area contributed by atoms with Crippen LogP contribution >= 0.6 is 0 Å². The van der Waals surface area contributed by atoms with Gasteiger partial charge in [0.15, 0.2) is 0 Å². The number of aliphatic hydroxyl groups is 2. The first kappa shape index (κ1) is 60.0. The van der Waals surface area contributed by atoms with Crippen LogP contribution in [0.2, 0.25) is 0 Å². The summed E-state index contributed by atoms with van der Waals surface area (Å²) in [6.07, 6.45) is -2.12. The zero-order valence-electron chi connectivity index (χ0n) is 45.7. The van der Waals surface area contributed by atoms with Crippen molar-refractivity contribution >= 4 is 48.7 Å². The molecule has 0 radical (unpaired) electrons. The van der Waals surface area contributed by atoms with E-state index >= 15 is 0 Å².